The van der Waals surface area contributed by atoms with E-state index in [0.717, 1.165) is 52.5 Å². The molecule has 2 aliphatic heterocycles. The van der Waals surface area contributed by atoms with Crippen LogP contribution in [0.1, 0.15) is 4.88 Å². The number of nitrogens with zero attached hydrogens (tertiary/aromatic N) is 2. The van der Waals surface area contributed by atoms with Gasteiger partial charge < -0.3 is 9.84 Å². The molecule has 0 spiro atoms. The van der Waals surface area contributed by atoms with Gasteiger partial charge in [0.1, 0.15) is 0 Å². The van der Waals surface area contributed by atoms with E-state index >= 15 is 0 Å². The normalized spacial score (nSPS) is 25.0. The van der Waals surface area contributed by atoms with Crippen molar-refractivity contribution in [3.63, 3.8) is 0 Å². The van der Waals surface area contributed by atoms with E-state index < -0.39 is 0 Å². The van der Waals surface area contributed by atoms with Gasteiger partial charge in [0.25, 0.3) is 0 Å². The summed E-state index contributed by atoms with van der Waals surface area (Å²) >= 11 is 1.89. The SMILES string of the molecule is OC[C@@H]1CN(Cc2ccc(-c3ccccc3)s2)C[C@@H]1CN1CCOCC1. The number of aliphatic hydroxyl groups is 1. The summed E-state index contributed by atoms with van der Waals surface area (Å²) in [6.45, 7) is 8.21. The Morgan fingerprint density at radius 3 is 2.50 bits per heavy atom. The van der Waals surface area contributed by atoms with E-state index in [0.29, 0.717) is 18.4 Å². The minimum atomic E-state index is 0.297. The minimum Gasteiger partial charge on any atom is -0.396 e. The standard InChI is InChI=1S/C21H28N2O2S/c24-16-19-14-23(13-18(19)12-22-8-10-25-11-9-22)15-20-6-7-21(26-20)17-4-2-1-3-5-17/h1-7,18-19,24H,8-16H2/t18-,19-/m0/s1. The molecule has 4 nitrogen and oxygen atoms in total. The fourth-order valence-electron chi connectivity index (χ4n) is 4.13. The Morgan fingerprint density at radius 1 is 0.962 bits per heavy atom. The molecule has 0 radical (unpaired) electrons. The molecule has 2 aromatic rings. The van der Waals surface area contributed by atoms with Crippen LogP contribution in [-0.4, -0.2) is 67.5 Å². The van der Waals surface area contributed by atoms with Crippen molar-refractivity contribution in [2.75, 3.05) is 52.5 Å². The van der Waals surface area contributed by atoms with Crippen LogP contribution in [-0.2, 0) is 11.3 Å². The summed E-state index contributed by atoms with van der Waals surface area (Å²) in [7, 11) is 0. The largest absolute Gasteiger partial charge is 0.396 e. The summed E-state index contributed by atoms with van der Waals surface area (Å²) in [5.41, 5.74) is 1.30. The van der Waals surface area contributed by atoms with Crippen molar-refractivity contribution >= 4 is 11.3 Å². The molecule has 1 aromatic carbocycles. The molecule has 2 saturated heterocycles. The highest BCUT2D eigenvalue weighted by molar-refractivity contribution is 7.15. The Kier molecular flexibility index (Phi) is 6.02. The van der Waals surface area contributed by atoms with Crippen LogP contribution in [0.25, 0.3) is 10.4 Å². The highest BCUT2D eigenvalue weighted by Gasteiger charge is 2.33. The van der Waals surface area contributed by atoms with E-state index in [4.69, 9.17) is 4.74 Å². The zero-order valence-corrected chi connectivity index (χ0v) is 16.0. The maximum absolute atomic E-state index is 9.84. The molecule has 1 aromatic heterocycles. The van der Waals surface area contributed by atoms with Crippen molar-refractivity contribution in [1.29, 1.82) is 0 Å². The quantitative estimate of drug-likeness (QED) is 0.846. The van der Waals surface area contributed by atoms with E-state index in [1.54, 1.807) is 0 Å². The summed E-state index contributed by atoms with van der Waals surface area (Å²) < 4.78 is 5.46. The van der Waals surface area contributed by atoms with Crippen molar-refractivity contribution in [1.82, 2.24) is 9.80 Å². The average molecular weight is 373 g/mol. The van der Waals surface area contributed by atoms with Gasteiger partial charge >= 0.3 is 0 Å². The lowest BCUT2D eigenvalue weighted by Gasteiger charge is -2.30. The molecule has 3 heterocycles. The lowest BCUT2D eigenvalue weighted by atomic mass is 9.96. The van der Waals surface area contributed by atoms with Crippen LogP contribution < -0.4 is 0 Å². The second-order valence-electron chi connectivity index (χ2n) is 7.44. The molecule has 5 heteroatoms. The van der Waals surface area contributed by atoms with Crippen molar-refractivity contribution in [3.05, 3.63) is 47.3 Å². The fraction of sp³-hybridized carbons (Fsp3) is 0.524. The molecule has 2 fully saturated rings. The third-order valence-electron chi connectivity index (χ3n) is 5.58. The smallest absolute Gasteiger partial charge is 0.0594 e. The third-order valence-corrected chi connectivity index (χ3v) is 6.70. The predicted octanol–water partition coefficient (Wildman–Crippen LogP) is 2.79. The Hall–Kier alpha value is -1.24. The van der Waals surface area contributed by atoms with E-state index in [1.807, 2.05) is 11.3 Å². The monoisotopic (exact) mass is 372 g/mol. The lowest BCUT2D eigenvalue weighted by Crippen LogP contribution is -2.41. The van der Waals surface area contributed by atoms with Crippen LogP contribution in [0.2, 0.25) is 0 Å². The van der Waals surface area contributed by atoms with E-state index in [1.165, 1.54) is 15.3 Å². The molecule has 0 amide bonds. The molecule has 2 aliphatic rings. The van der Waals surface area contributed by atoms with Gasteiger partial charge in [0.15, 0.2) is 0 Å². The molecule has 1 N–H and O–H groups in total. The molecule has 26 heavy (non-hydrogen) atoms. The number of thiophene rings is 1. The number of hydrogen-bond donors (Lipinski definition) is 1. The van der Waals surface area contributed by atoms with Gasteiger partial charge in [-0.3, -0.25) is 9.80 Å². The van der Waals surface area contributed by atoms with Gasteiger partial charge in [-0.25, -0.2) is 0 Å². The number of hydrogen-bond acceptors (Lipinski definition) is 5. The Morgan fingerprint density at radius 2 is 1.73 bits per heavy atom. The van der Waals surface area contributed by atoms with Gasteiger partial charge in [0, 0.05) is 55.6 Å². The van der Waals surface area contributed by atoms with E-state index in [-0.39, 0.29) is 0 Å². The maximum atomic E-state index is 9.84. The number of rotatable bonds is 6. The van der Waals surface area contributed by atoms with E-state index in [2.05, 4.69) is 52.3 Å². The zero-order chi connectivity index (χ0) is 17.8. The molecular weight excluding hydrogens is 344 g/mol. The topological polar surface area (TPSA) is 35.9 Å². The summed E-state index contributed by atoms with van der Waals surface area (Å²) in [6.07, 6.45) is 0. The first-order chi connectivity index (χ1) is 12.8. The van der Waals surface area contributed by atoms with Crippen molar-refractivity contribution < 1.29 is 9.84 Å². The van der Waals surface area contributed by atoms with Crippen LogP contribution >= 0.6 is 11.3 Å². The number of benzene rings is 1. The molecular formula is C21H28N2O2S. The van der Waals surface area contributed by atoms with Crippen molar-refractivity contribution in [2.45, 2.75) is 6.54 Å². The first-order valence-corrected chi connectivity index (χ1v) is 10.4. The summed E-state index contributed by atoms with van der Waals surface area (Å²) in [4.78, 5) is 7.77. The number of likely N-dealkylation sites (tertiary alicyclic amines) is 1. The van der Waals surface area contributed by atoms with Crippen LogP contribution in [0.15, 0.2) is 42.5 Å². The molecule has 140 valence electrons. The highest BCUT2D eigenvalue weighted by Crippen LogP contribution is 2.31. The number of morpholine rings is 1. The second-order valence-corrected chi connectivity index (χ2v) is 8.61. The van der Waals surface area contributed by atoms with Crippen LogP contribution in [0.3, 0.4) is 0 Å². The highest BCUT2D eigenvalue weighted by atomic mass is 32.1. The first-order valence-electron chi connectivity index (χ1n) is 9.59. The molecule has 0 saturated carbocycles. The van der Waals surface area contributed by atoms with E-state index in [9.17, 15) is 5.11 Å². The summed E-state index contributed by atoms with van der Waals surface area (Å²) in [5.74, 6) is 0.957. The lowest BCUT2D eigenvalue weighted by molar-refractivity contribution is 0.0264. The van der Waals surface area contributed by atoms with Crippen LogP contribution in [0.4, 0.5) is 0 Å². The van der Waals surface area contributed by atoms with Gasteiger partial charge in [-0.1, -0.05) is 30.3 Å². The fourth-order valence-corrected chi connectivity index (χ4v) is 5.19. The number of ether oxygens (including phenoxy) is 1. The molecule has 0 bridgehead atoms. The summed E-state index contributed by atoms with van der Waals surface area (Å²) in [6, 6.07) is 15.1. The van der Waals surface area contributed by atoms with Gasteiger partial charge in [0.05, 0.1) is 13.2 Å². The average Bonchev–Trinajstić information content (AvgIpc) is 3.30. The first kappa shape index (κ1) is 18.1. The van der Waals surface area contributed by atoms with Crippen LogP contribution in [0.5, 0.6) is 0 Å². The van der Waals surface area contributed by atoms with Gasteiger partial charge in [-0.05, 0) is 29.5 Å². The van der Waals surface area contributed by atoms with Gasteiger partial charge in [-0.2, -0.15) is 0 Å². The third kappa shape index (κ3) is 4.35. The molecule has 4 rings (SSSR count). The van der Waals surface area contributed by atoms with Crippen molar-refractivity contribution in [2.24, 2.45) is 11.8 Å². The molecule has 0 unspecified atom stereocenters. The number of aliphatic hydroxyl groups excluding tert-OH is 1. The Balaban J connectivity index is 1.36. The molecule has 0 aliphatic carbocycles. The second kappa shape index (κ2) is 8.63. The van der Waals surface area contributed by atoms with Crippen LogP contribution in [0, 0.1) is 11.8 Å². The van der Waals surface area contributed by atoms with Gasteiger partial charge in [0.2, 0.25) is 0 Å². The maximum Gasteiger partial charge on any atom is 0.0594 e. The van der Waals surface area contributed by atoms with Crippen molar-refractivity contribution in [3.8, 4) is 10.4 Å². The predicted molar refractivity (Wildman–Crippen MR) is 106 cm³/mol. The zero-order valence-electron chi connectivity index (χ0n) is 15.2. The Labute approximate surface area is 160 Å². The Bertz CT molecular complexity index is 684. The molecule has 2 atom stereocenters. The van der Waals surface area contributed by atoms with Gasteiger partial charge in [-0.15, -0.1) is 11.3 Å². The minimum absolute atomic E-state index is 0.297. The summed E-state index contributed by atoms with van der Waals surface area (Å²) in [5, 5.41) is 9.84.